The molecule has 0 aliphatic carbocycles. The highest BCUT2D eigenvalue weighted by Crippen LogP contribution is 2.30. The maximum Gasteiger partial charge on any atom is 0.321 e. The topological polar surface area (TPSA) is 80.0 Å². The van der Waals surface area contributed by atoms with Crippen molar-refractivity contribution in [1.29, 1.82) is 0 Å². The average Bonchev–Trinajstić information content (AvgIpc) is 3.28. The number of thiazole rings is 1. The molecule has 3 rings (SSSR count). The van der Waals surface area contributed by atoms with Crippen molar-refractivity contribution in [3.05, 3.63) is 58.9 Å². The van der Waals surface area contributed by atoms with Gasteiger partial charge in [-0.05, 0) is 11.6 Å². The number of urea groups is 1. The Morgan fingerprint density at radius 1 is 1.31 bits per heavy atom. The van der Waals surface area contributed by atoms with E-state index >= 15 is 0 Å². The van der Waals surface area contributed by atoms with Crippen molar-refractivity contribution in [2.24, 2.45) is 0 Å². The number of hydrogen-bond donors (Lipinski definition) is 2. The van der Waals surface area contributed by atoms with Gasteiger partial charge in [0, 0.05) is 18.0 Å². The predicted molar refractivity (Wildman–Crippen MR) is 105 cm³/mol. The number of thioether (sulfide) groups is 1. The molecule has 9 heteroatoms. The second-order valence-corrected chi connectivity index (χ2v) is 7.96. The number of nitrogens with zero attached hydrogens (tertiary/aromatic N) is 2. The van der Waals surface area contributed by atoms with E-state index in [0.717, 1.165) is 22.0 Å². The Morgan fingerprint density at radius 2 is 2.15 bits per heavy atom. The predicted octanol–water partition coefficient (Wildman–Crippen LogP) is 4.96. The number of aryl methyl sites for hydroxylation is 1. The molecule has 0 aliphatic heterocycles. The molecule has 0 radical (unpaired) electrons. The fourth-order valence-electron chi connectivity index (χ4n) is 2.05. The largest absolute Gasteiger partial charge is 0.445 e. The number of hydrogen-bond acceptors (Lipinski definition) is 6. The van der Waals surface area contributed by atoms with E-state index in [2.05, 4.69) is 20.6 Å². The Bertz CT molecular complexity index is 881. The second kappa shape index (κ2) is 9.07. The molecular formula is C17H17ClN4O2S2. The van der Waals surface area contributed by atoms with E-state index < -0.39 is 0 Å². The minimum Gasteiger partial charge on any atom is -0.445 e. The summed E-state index contributed by atoms with van der Waals surface area (Å²) in [7, 11) is 0. The first kappa shape index (κ1) is 18.8. The van der Waals surface area contributed by atoms with Crippen LogP contribution in [0.4, 0.5) is 9.93 Å². The van der Waals surface area contributed by atoms with Gasteiger partial charge in [0.1, 0.15) is 5.76 Å². The highest BCUT2D eigenvalue weighted by molar-refractivity contribution is 8.00. The van der Waals surface area contributed by atoms with Crippen LogP contribution in [0.25, 0.3) is 0 Å². The van der Waals surface area contributed by atoms with E-state index in [1.54, 1.807) is 30.2 Å². The van der Waals surface area contributed by atoms with Crippen molar-refractivity contribution in [2.45, 2.75) is 29.9 Å². The van der Waals surface area contributed by atoms with Crippen LogP contribution >= 0.6 is 34.7 Å². The zero-order valence-corrected chi connectivity index (χ0v) is 16.4. The Kier molecular flexibility index (Phi) is 6.54. The molecule has 3 aromatic rings. The van der Waals surface area contributed by atoms with Gasteiger partial charge in [-0.2, -0.15) is 0 Å². The number of oxazole rings is 1. The molecule has 2 aromatic heterocycles. The van der Waals surface area contributed by atoms with Crippen LogP contribution in [-0.2, 0) is 18.7 Å². The van der Waals surface area contributed by atoms with Crippen LogP contribution in [0, 0.1) is 0 Å². The number of rotatable bonds is 7. The van der Waals surface area contributed by atoms with Gasteiger partial charge in [0.2, 0.25) is 5.89 Å². The first-order valence-electron chi connectivity index (χ1n) is 7.94. The molecule has 1 aromatic carbocycles. The summed E-state index contributed by atoms with van der Waals surface area (Å²) in [6, 6.07) is 7.06. The van der Waals surface area contributed by atoms with Crippen LogP contribution in [0.5, 0.6) is 0 Å². The molecule has 136 valence electrons. The van der Waals surface area contributed by atoms with Crippen LogP contribution in [0.3, 0.4) is 0 Å². The lowest BCUT2D eigenvalue weighted by atomic mass is 10.2. The molecule has 2 N–H and O–H groups in total. The third-order valence-electron chi connectivity index (χ3n) is 3.39. The molecule has 0 spiro atoms. The molecule has 2 heterocycles. The third-order valence-corrected chi connectivity index (χ3v) is 5.85. The van der Waals surface area contributed by atoms with Crippen molar-refractivity contribution in [2.75, 3.05) is 5.32 Å². The lowest BCUT2D eigenvalue weighted by molar-refractivity contribution is 0.251. The summed E-state index contributed by atoms with van der Waals surface area (Å²) in [4.78, 5) is 20.4. The first-order valence-corrected chi connectivity index (χ1v) is 10.1. The van der Waals surface area contributed by atoms with Gasteiger partial charge in [-0.3, -0.25) is 5.32 Å². The maximum atomic E-state index is 12.0. The molecule has 2 amide bonds. The summed E-state index contributed by atoms with van der Waals surface area (Å²) in [5, 5.41) is 6.65. The van der Waals surface area contributed by atoms with E-state index in [0.29, 0.717) is 28.3 Å². The summed E-state index contributed by atoms with van der Waals surface area (Å²) < 4.78 is 6.55. The summed E-state index contributed by atoms with van der Waals surface area (Å²) >= 11 is 9.04. The van der Waals surface area contributed by atoms with Gasteiger partial charge in [0.25, 0.3) is 0 Å². The van der Waals surface area contributed by atoms with Crippen LogP contribution in [-0.4, -0.2) is 16.0 Å². The van der Waals surface area contributed by atoms with Gasteiger partial charge >= 0.3 is 6.03 Å². The number of halogens is 1. The van der Waals surface area contributed by atoms with Crippen molar-refractivity contribution in [1.82, 2.24) is 15.3 Å². The number of benzene rings is 1. The van der Waals surface area contributed by atoms with Crippen molar-refractivity contribution < 1.29 is 9.21 Å². The minimum absolute atomic E-state index is 0.323. The van der Waals surface area contributed by atoms with Crippen LogP contribution in [0.1, 0.15) is 24.1 Å². The smallest absolute Gasteiger partial charge is 0.321 e. The van der Waals surface area contributed by atoms with Crippen LogP contribution in [0.2, 0.25) is 5.02 Å². The molecule has 0 unspecified atom stereocenters. The number of nitrogens with one attached hydrogen (secondary N) is 2. The zero-order chi connectivity index (χ0) is 18.4. The molecular weight excluding hydrogens is 392 g/mol. The normalized spacial score (nSPS) is 10.7. The first-order chi connectivity index (χ1) is 12.6. The summed E-state index contributed by atoms with van der Waals surface area (Å²) in [6.45, 7) is 2.37. The lowest BCUT2D eigenvalue weighted by Crippen LogP contribution is -2.28. The minimum atomic E-state index is -0.323. The lowest BCUT2D eigenvalue weighted by Gasteiger charge is -2.06. The number of anilines is 1. The van der Waals surface area contributed by atoms with E-state index in [4.69, 9.17) is 16.0 Å². The van der Waals surface area contributed by atoms with Gasteiger partial charge in [-0.15, -0.1) is 11.8 Å². The van der Waals surface area contributed by atoms with Crippen LogP contribution in [0.15, 0.2) is 45.3 Å². The highest BCUT2D eigenvalue weighted by Gasteiger charge is 2.09. The number of carbonyl (C=O) groups is 1. The summed E-state index contributed by atoms with van der Waals surface area (Å²) in [5.41, 5.74) is 0.858. The fraction of sp³-hybridized carbons (Fsp3) is 0.235. The molecule has 0 saturated heterocycles. The van der Waals surface area contributed by atoms with E-state index in [-0.39, 0.29) is 6.03 Å². The maximum absolute atomic E-state index is 12.0. The van der Waals surface area contributed by atoms with Gasteiger partial charge in [-0.25, -0.2) is 14.8 Å². The fourth-order valence-corrected chi connectivity index (χ4v) is 3.98. The standard InChI is InChI=1S/C17H17ClN4O2S2/c1-2-12-8-19-14(24-12)10-25-15-9-21-17(26-15)22-16(23)20-7-11-5-3-4-6-13(11)18/h3-6,8-9H,2,7,10H2,1H3,(H2,20,21,22,23). The second-order valence-electron chi connectivity index (χ2n) is 5.25. The Hall–Kier alpha value is -2.03. The Morgan fingerprint density at radius 3 is 2.92 bits per heavy atom. The highest BCUT2D eigenvalue weighted by atomic mass is 35.5. The number of aromatic nitrogens is 2. The van der Waals surface area contributed by atoms with Gasteiger partial charge in [0.05, 0.1) is 22.4 Å². The Labute approximate surface area is 164 Å². The third kappa shape index (κ3) is 5.23. The molecule has 6 nitrogen and oxygen atoms in total. The van der Waals surface area contributed by atoms with Crippen molar-refractivity contribution >= 4 is 45.9 Å². The Balaban J connectivity index is 1.46. The number of amides is 2. The van der Waals surface area contributed by atoms with Gasteiger partial charge in [0.15, 0.2) is 5.13 Å². The van der Waals surface area contributed by atoms with E-state index in [1.807, 2.05) is 25.1 Å². The molecule has 0 saturated carbocycles. The SMILES string of the molecule is CCc1cnc(CSc2cnc(NC(=O)NCc3ccccc3Cl)s2)o1. The monoisotopic (exact) mass is 408 g/mol. The molecule has 0 aliphatic rings. The average molecular weight is 409 g/mol. The summed E-state index contributed by atoms with van der Waals surface area (Å²) in [5.74, 6) is 2.19. The van der Waals surface area contributed by atoms with Crippen LogP contribution < -0.4 is 10.6 Å². The van der Waals surface area contributed by atoms with E-state index in [1.165, 1.54) is 11.3 Å². The summed E-state index contributed by atoms with van der Waals surface area (Å²) in [6.07, 6.45) is 4.30. The van der Waals surface area contributed by atoms with E-state index in [9.17, 15) is 4.79 Å². The van der Waals surface area contributed by atoms with Crippen molar-refractivity contribution in [3.63, 3.8) is 0 Å². The molecule has 26 heavy (non-hydrogen) atoms. The molecule has 0 bridgehead atoms. The zero-order valence-electron chi connectivity index (χ0n) is 14.0. The quantitative estimate of drug-likeness (QED) is 0.540. The van der Waals surface area contributed by atoms with Gasteiger partial charge in [-0.1, -0.05) is 48.1 Å². The van der Waals surface area contributed by atoms with Crippen molar-refractivity contribution in [3.8, 4) is 0 Å². The molecule has 0 fully saturated rings. The van der Waals surface area contributed by atoms with Gasteiger partial charge < -0.3 is 9.73 Å². The number of carbonyl (C=O) groups excluding carboxylic acids is 1. The molecule has 0 atom stereocenters.